The normalized spacial score (nSPS) is 11.8. The Balaban J connectivity index is 1.94. The fourth-order valence-corrected chi connectivity index (χ4v) is 3.26. The molecule has 1 aromatic heterocycles. The number of aromatic amines is 1. The smallest absolute Gasteiger partial charge is 0.323 e. The van der Waals surface area contributed by atoms with Gasteiger partial charge in [0.05, 0.1) is 5.39 Å². The molecule has 150 valence electrons. The van der Waals surface area contributed by atoms with Crippen LogP contribution in [0.1, 0.15) is 12.5 Å². The van der Waals surface area contributed by atoms with Crippen molar-refractivity contribution in [1.82, 2.24) is 9.88 Å². The minimum absolute atomic E-state index is 0.259. The standard InChI is InChI=1S/C22H22N2O5/c1-13-6-4-5-7-16(13)19-11-23-21(27)18-10-15(8-9-17(18)19)29-14(2)22(28)24(3)12-20(25)26/h4-11,14H,12H2,1-3H3,(H,23,27)(H,25,26)/t14-/m0/s1. The summed E-state index contributed by atoms with van der Waals surface area (Å²) >= 11 is 0. The lowest BCUT2D eigenvalue weighted by Gasteiger charge is -2.20. The van der Waals surface area contributed by atoms with E-state index in [2.05, 4.69) is 4.98 Å². The van der Waals surface area contributed by atoms with Gasteiger partial charge in [0.1, 0.15) is 12.3 Å². The van der Waals surface area contributed by atoms with E-state index in [9.17, 15) is 14.4 Å². The van der Waals surface area contributed by atoms with Gasteiger partial charge in [0.25, 0.3) is 11.5 Å². The van der Waals surface area contributed by atoms with Crippen LogP contribution in [-0.2, 0) is 9.59 Å². The van der Waals surface area contributed by atoms with Crippen molar-refractivity contribution >= 4 is 22.6 Å². The minimum Gasteiger partial charge on any atom is -0.481 e. The molecule has 1 atom stereocenters. The van der Waals surface area contributed by atoms with Gasteiger partial charge < -0.3 is 19.7 Å². The predicted molar refractivity (Wildman–Crippen MR) is 110 cm³/mol. The van der Waals surface area contributed by atoms with Crippen LogP contribution in [0.25, 0.3) is 21.9 Å². The number of carbonyl (C=O) groups is 2. The van der Waals surface area contributed by atoms with Crippen molar-refractivity contribution in [2.75, 3.05) is 13.6 Å². The molecule has 7 heteroatoms. The van der Waals surface area contributed by atoms with Gasteiger partial charge in [0.15, 0.2) is 6.10 Å². The van der Waals surface area contributed by atoms with Gasteiger partial charge >= 0.3 is 5.97 Å². The number of amides is 1. The molecular weight excluding hydrogens is 372 g/mol. The number of carboxylic acid groups (broad SMARTS) is 1. The number of pyridine rings is 1. The Bertz CT molecular complexity index is 1140. The van der Waals surface area contributed by atoms with Crippen molar-refractivity contribution in [3.05, 3.63) is 64.6 Å². The van der Waals surface area contributed by atoms with Crippen LogP contribution in [0.15, 0.2) is 53.5 Å². The highest BCUT2D eigenvalue weighted by molar-refractivity contribution is 5.97. The summed E-state index contributed by atoms with van der Waals surface area (Å²) in [4.78, 5) is 39.3. The average Bonchev–Trinajstić information content (AvgIpc) is 2.68. The van der Waals surface area contributed by atoms with Gasteiger partial charge in [-0.25, -0.2) is 0 Å². The lowest BCUT2D eigenvalue weighted by atomic mass is 9.97. The van der Waals surface area contributed by atoms with Crippen LogP contribution in [0.2, 0.25) is 0 Å². The molecule has 0 unspecified atom stereocenters. The number of likely N-dealkylation sites (N-methyl/N-ethyl adjacent to an activating group) is 1. The summed E-state index contributed by atoms with van der Waals surface area (Å²) < 4.78 is 5.67. The molecule has 0 aliphatic rings. The molecule has 0 spiro atoms. The lowest BCUT2D eigenvalue weighted by molar-refractivity contribution is -0.146. The maximum atomic E-state index is 12.4. The molecule has 1 heterocycles. The second-order valence-electron chi connectivity index (χ2n) is 6.90. The van der Waals surface area contributed by atoms with Crippen LogP contribution in [0.4, 0.5) is 0 Å². The molecule has 3 aromatic rings. The first-order valence-electron chi connectivity index (χ1n) is 9.13. The van der Waals surface area contributed by atoms with Crippen LogP contribution in [-0.4, -0.2) is 46.6 Å². The van der Waals surface area contributed by atoms with Crippen LogP contribution >= 0.6 is 0 Å². The minimum atomic E-state index is -1.10. The van der Waals surface area contributed by atoms with E-state index in [-0.39, 0.29) is 5.56 Å². The molecule has 0 saturated carbocycles. The summed E-state index contributed by atoms with van der Waals surface area (Å²) in [5.41, 5.74) is 2.74. The largest absolute Gasteiger partial charge is 0.481 e. The Hall–Kier alpha value is -3.61. The van der Waals surface area contributed by atoms with Gasteiger partial charge in [-0.3, -0.25) is 14.4 Å². The van der Waals surface area contributed by atoms with E-state index < -0.39 is 24.5 Å². The predicted octanol–water partition coefficient (Wildman–Crippen LogP) is 2.81. The van der Waals surface area contributed by atoms with Crippen molar-refractivity contribution in [2.45, 2.75) is 20.0 Å². The Morgan fingerprint density at radius 3 is 2.55 bits per heavy atom. The first-order chi connectivity index (χ1) is 13.8. The maximum Gasteiger partial charge on any atom is 0.323 e. The zero-order valence-electron chi connectivity index (χ0n) is 16.4. The molecule has 0 aliphatic carbocycles. The van der Waals surface area contributed by atoms with Crippen LogP contribution < -0.4 is 10.3 Å². The monoisotopic (exact) mass is 394 g/mol. The molecule has 2 aromatic carbocycles. The van der Waals surface area contributed by atoms with E-state index in [4.69, 9.17) is 9.84 Å². The third kappa shape index (κ3) is 4.29. The van der Waals surface area contributed by atoms with Gasteiger partial charge in [0, 0.05) is 18.8 Å². The third-order valence-corrected chi connectivity index (χ3v) is 4.72. The molecule has 0 radical (unpaired) electrons. The maximum absolute atomic E-state index is 12.4. The first-order valence-corrected chi connectivity index (χ1v) is 9.13. The van der Waals surface area contributed by atoms with Crippen molar-refractivity contribution in [2.24, 2.45) is 0 Å². The highest BCUT2D eigenvalue weighted by atomic mass is 16.5. The molecule has 3 rings (SSSR count). The molecule has 0 bridgehead atoms. The van der Waals surface area contributed by atoms with E-state index in [1.165, 1.54) is 7.05 Å². The van der Waals surface area contributed by atoms with Crippen molar-refractivity contribution in [3.63, 3.8) is 0 Å². The number of hydrogen-bond donors (Lipinski definition) is 2. The summed E-state index contributed by atoms with van der Waals surface area (Å²) in [6, 6.07) is 13.0. The summed E-state index contributed by atoms with van der Waals surface area (Å²) in [5.74, 6) is -1.21. The molecule has 0 saturated heterocycles. The number of rotatable bonds is 6. The molecule has 7 nitrogen and oxygen atoms in total. The summed E-state index contributed by atoms with van der Waals surface area (Å²) in [6.45, 7) is 3.13. The molecular formula is C22H22N2O5. The number of aliphatic carboxylic acids is 1. The van der Waals surface area contributed by atoms with Crippen LogP contribution in [0.3, 0.4) is 0 Å². The number of carboxylic acids is 1. The van der Waals surface area contributed by atoms with Gasteiger partial charge in [0.2, 0.25) is 0 Å². The number of carbonyl (C=O) groups excluding carboxylic acids is 1. The Labute approximate surface area is 167 Å². The SMILES string of the molecule is Cc1ccccc1-c1c[nH]c(=O)c2cc(O[C@@H](C)C(=O)N(C)CC(=O)O)ccc12. The van der Waals surface area contributed by atoms with Crippen molar-refractivity contribution in [1.29, 1.82) is 0 Å². The highest BCUT2D eigenvalue weighted by Gasteiger charge is 2.21. The number of aromatic nitrogens is 1. The van der Waals surface area contributed by atoms with Gasteiger partial charge in [-0.05, 0) is 48.6 Å². The fourth-order valence-electron chi connectivity index (χ4n) is 3.26. The Kier molecular flexibility index (Phi) is 5.68. The van der Waals surface area contributed by atoms with E-state index in [0.29, 0.717) is 11.1 Å². The Morgan fingerprint density at radius 1 is 1.14 bits per heavy atom. The summed E-state index contributed by atoms with van der Waals surface area (Å²) in [7, 11) is 1.40. The first kappa shape index (κ1) is 20.1. The number of aryl methyl sites for hydroxylation is 1. The second kappa shape index (κ2) is 8.18. The van der Waals surface area contributed by atoms with Crippen molar-refractivity contribution < 1.29 is 19.4 Å². The van der Waals surface area contributed by atoms with Gasteiger partial charge in [-0.2, -0.15) is 0 Å². The molecule has 0 aliphatic heterocycles. The topological polar surface area (TPSA) is 99.7 Å². The zero-order chi connectivity index (χ0) is 21.1. The van der Waals surface area contributed by atoms with Crippen LogP contribution in [0.5, 0.6) is 5.75 Å². The average molecular weight is 394 g/mol. The number of nitrogens with zero attached hydrogens (tertiary/aromatic N) is 1. The lowest BCUT2D eigenvalue weighted by Crippen LogP contribution is -2.40. The zero-order valence-corrected chi connectivity index (χ0v) is 16.4. The number of ether oxygens (including phenoxy) is 1. The van der Waals surface area contributed by atoms with Gasteiger partial charge in [-0.15, -0.1) is 0 Å². The van der Waals surface area contributed by atoms with E-state index in [0.717, 1.165) is 27.0 Å². The third-order valence-electron chi connectivity index (χ3n) is 4.72. The summed E-state index contributed by atoms with van der Waals surface area (Å²) in [5, 5.41) is 10.0. The van der Waals surface area contributed by atoms with E-state index in [1.807, 2.05) is 31.2 Å². The quantitative estimate of drug-likeness (QED) is 0.670. The molecule has 1 amide bonds. The highest BCUT2D eigenvalue weighted by Crippen LogP contribution is 2.30. The second-order valence-corrected chi connectivity index (χ2v) is 6.90. The molecule has 29 heavy (non-hydrogen) atoms. The molecule has 0 fully saturated rings. The number of benzene rings is 2. The number of H-pyrrole nitrogens is 1. The van der Waals surface area contributed by atoms with Crippen LogP contribution in [0, 0.1) is 6.92 Å². The number of hydrogen-bond acceptors (Lipinski definition) is 4. The van der Waals surface area contributed by atoms with Crippen molar-refractivity contribution in [3.8, 4) is 16.9 Å². The number of nitrogens with one attached hydrogen (secondary N) is 1. The molecule has 2 N–H and O–H groups in total. The Morgan fingerprint density at radius 2 is 1.86 bits per heavy atom. The van der Waals surface area contributed by atoms with Gasteiger partial charge in [-0.1, -0.05) is 24.3 Å². The summed E-state index contributed by atoms with van der Waals surface area (Å²) in [6.07, 6.45) is 0.802. The number of fused-ring (bicyclic) bond motifs is 1. The van der Waals surface area contributed by atoms with E-state index >= 15 is 0 Å². The van der Waals surface area contributed by atoms with E-state index in [1.54, 1.807) is 31.3 Å². The fraction of sp³-hybridized carbons (Fsp3) is 0.227.